The number of amides is 2. The van der Waals surface area contributed by atoms with Gasteiger partial charge in [-0.2, -0.15) is 5.10 Å². The van der Waals surface area contributed by atoms with Crippen molar-refractivity contribution in [1.29, 1.82) is 0 Å². The van der Waals surface area contributed by atoms with Gasteiger partial charge in [-0.3, -0.25) is 19.4 Å². The molecule has 29 heavy (non-hydrogen) atoms. The fourth-order valence-electron chi connectivity index (χ4n) is 3.56. The molecule has 154 valence electrons. The van der Waals surface area contributed by atoms with E-state index in [2.05, 4.69) is 15.3 Å². The maximum atomic E-state index is 12.6. The number of para-hydroxylation sites is 1. The number of ether oxygens (including phenoxy) is 1. The number of benzene rings is 1. The Morgan fingerprint density at radius 2 is 2.00 bits per heavy atom. The lowest BCUT2D eigenvalue weighted by atomic mass is 10.3. The van der Waals surface area contributed by atoms with E-state index in [-0.39, 0.29) is 18.4 Å². The number of carbonyl (C=O) groups excluding carboxylic acids is 2. The average molecular weight is 416 g/mol. The lowest BCUT2D eigenvalue weighted by Crippen LogP contribution is -2.46. The molecule has 1 aromatic heterocycles. The van der Waals surface area contributed by atoms with Gasteiger partial charge < -0.3 is 10.1 Å². The predicted octanol–water partition coefficient (Wildman–Crippen LogP) is 1.07. The number of anilines is 1. The Hall–Kier alpha value is -2.36. The van der Waals surface area contributed by atoms with Gasteiger partial charge in [0.05, 0.1) is 36.0 Å². The summed E-state index contributed by atoms with van der Waals surface area (Å²) in [5.74, 6) is 0.0734. The molecule has 0 spiro atoms. The molecule has 4 rings (SSSR count). The van der Waals surface area contributed by atoms with E-state index in [1.54, 1.807) is 4.90 Å². The molecule has 0 radical (unpaired) electrons. The lowest BCUT2D eigenvalue weighted by molar-refractivity contribution is -0.123. The van der Waals surface area contributed by atoms with Gasteiger partial charge in [-0.1, -0.05) is 30.0 Å². The third-order valence-corrected chi connectivity index (χ3v) is 6.08. The molecule has 1 saturated heterocycles. The van der Waals surface area contributed by atoms with Crippen LogP contribution in [0.2, 0.25) is 0 Å². The molecule has 2 amide bonds. The monoisotopic (exact) mass is 415 g/mol. The molecule has 0 saturated carbocycles. The van der Waals surface area contributed by atoms with Crippen molar-refractivity contribution in [2.24, 2.45) is 0 Å². The number of aryl methyl sites for hydroxylation is 1. The van der Waals surface area contributed by atoms with Gasteiger partial charge in [-0.15, -0.1) is 0 Å². The molecule has 0 bridgehead atoms. The normalized spacial score (nSPS) is 17.3. The first-order valence-electron chi connectivity index (χ1n) is 9.78. The lowest BCUT2D eigenvalue weighted by Gasteiger charge is -2.28. The van der Waals surface area contributed by atoms with Gasteiger partial charge in [-0.05, 0) is 19.1 Å². The third kappa shape index (κ3) is 4.47. The van der Waals surface area contributed by atoms with Gasteiger partial charge in [0, 0.05) is 26.2 Å². The first-order valence-corrected chi connectivity index (χ1v) is 10.8. The van der Waals surface area contributed by atoms with Crippen LogP contribution in [0.15, 0.2) is 35.4 Å². The smallest absolute Gasteiger partial charge is 0.240 e. The summed E-state index contributed by atoms with van der Waals surface area (Å²) in [6.07, 6.45) is 0. The van der Waals surface area contributed by atoms with E-state index in [1.807, 2.05) is 41.9 Å². The highest BCUT2D eigenvalue weighted by molar-refractivity contribution is 8.00. The molecule has 2 aliphatic rings. The molecule has 9 heteroatoms. The van der Waals surface area contributed by atoms with Crippen molar-refractivity contribution in [3.63, 3.8) is 0 Å². The van der Waals surface area contributed by atoms with Crippen molar-refractivity contribution in [3.8, 4) is 5.69 Å². The van der Waals surface area contributed by atoms with E-state index in [9.17, 15) is 9.59 Å². The van der Waals surface area contributed by atoms with E-state index in [0.717, 1.165) is 54.9 Å². The topological polar surface area (TPSA) is 79.7 Å². The number of nitrogens with zero attached hydrogens (tertiary/aromatic N) is 4. The second-order valence-corrected chi connectivity index (χ2v) is 8.02. The zero-order valence-corrected chi connectivity index (χ0v) is 17.3. The molecule has 2 aliphatic heterocycles. The minimum Gasteiger partial charge on any atom is -0.379 e. The molecule has 1 fully saturated rings. The Balaban J connectivity index is 1.44. The number of carbonyl (C=O) groups is 2. The van der Waals surface area contributed by atoms with Crippen molar-refractivity contribution in [2.75, 3.05) is 56.6 Å². The van der Waals surface area contributed by atoms with Crippen LogP contribution in [0.3, 0.4) is 0 Å². The summed E-state index contributed by atoms with van der Waals surface area (Å²) in [6, 6.07) is 9.82. The van der Waals surface area contributed by atoms with Crippen LogP contribution in [0, 0.1) is 6.92 Å². The van der Waals surface area contributed by atoms with Crippen molar-refractivity contribution in [2.45, 2.75) is 11.9 Å². The SMILES string of the molecule is Cc1nn(-c2ccccc2)c2c1N(CC(=O)NCCN1CCOCC1)C(=O)CS2. The van der Waals surface area contributed by atoms with Crippen LogP contribution in [-0.4, -0.2) is 78.2 Å². The zero-order chi connectivity index (χ0) is 20.2. The van der Waals surface area contributed by atoms with Gasteiger partial charge in [0.2, 0.25) is 11.8 Å². The summed E-state index contributed by atoms with van der Waals surface area (Å²) >= 11 is 1.47. The highest BCUT2D eigenvalue weighted by atomic mass is 32.2. The van der Waals surface area contributed by atoms with E-state index in [4.69, 9.17) is 4.74 Å². The average Bonchev–Trinajstić information content (AvgIpc) is 3.08. The van der Waals surface area contributed by atoms with Crippen LogP contribution in [0.4, 0.5) is 5.69 Å². The quantitative estimate of drug-likeness (QED) is 0.760. The summed E-state index contributed by atoms with van der Waals surface area (Å²) in [5, 5.41) is 8.46. The van der Waals surface area contributed by atoms with Crippen LogP contribution in [0.5, 0.6) is 0 Å². The second kappa shape index (κ2) is 8.98. The maximum Gasteiger partial charge on any atom is 0.240 e. The van der Waals surface area contributed by atoms with Crippen LogP contribution < -0.4 is 10.2 Å². The summed E-state index contributed by atoms with van der Waals surface area (Å²) < 4.78 is 7.19. The molecule has 0 unspecified atom stereocenters. The van der Waals surface area contributed by atoms with E-state index in [0.29, 0.717) is 12.3 Å². The Bertz CT molecular complexity index is 880. The minimum absolute atomic E-state index is 0.0107. The first-order chi connectivity index (χ1) is 14.1. The van der Waals surface area contributed by atoms with Gasteiger partial charge >= 0.3 is 0 Å². The Kier molecular flexibility index (Phi) is 6.17. The van der Waals surface area contributed by atoms with E-state index >= 15 is 0 Å². The molecule has 2 aromatic rings. The van der Waals surface area contributed by atoms with Crippen molar-refractivity contribution in [1.82, 2.24) is 20.0 Å². The molecular weight excluding hydrogens is 390 g/mol. The van der Waals surface area contributed by atoms with Crippen LogP contribution in [-0.2, 0) is 14.3 Å². The zero-order valence-electron chi connectivity index (χ0n) is 16.5. The molecule has 1 N–H and O–H groups in total. The number of rotatable bonds is 6. The summed E-state index contributed by atoms with van der Waals surface area (Å²) in [6.45, 7) is 6.48. The number of thioether (sulfide) groups is 1. The standard InChI is InChI=1S/C20H25N5O3S/c1-15-19-20(25(22-15)16-5-3-2-4-6-16)29-14-18(27)24(19)13-17(26)21-7-8-23-9-11-28-12-10-23/h2-6H,7-14H2,1H3,(H,21,26). The predicted molar refractivity (Wildman–Crippen MR) is 112 cm³/mol. The molecular formula is C20H25N5O3S. The number of hydrogen-bond donors (Lipinski definition) is 1. The van der Waals surface area contributed by atoms with Crippen LogP contribution >= 0.6 is 11.8 Å². The van der Waals surface area contributed by atoms with Crippen molar-refractivity contribution in [3.05, 3.63) is 36.0 Å². The number of hydrogen-bond acceptors (Lipinski definition) is 6. The van der Waals surface area contributed by atoms with Gasteiger partial charge in [0.25, 0.3) is 0 Å². The first kappa shape index (κ1) is 19.9. The van der Waals surface area contributed by atoms with Crippen molar-refractivity contribution < 1.29 is 14.3 Å². The minimum atomic E-state index is -0.156. The molecule has 0 aliphatic carbocycles. The molecule has 8 nitrogen and oxygen atoms in total. The largest absolute Gasteiger partial charge is 0.379 e. The summed E-state index contributed by atoms with van der Waals surface area (Å²) in [4.78, 5) is 28.9. The fraction of sp³-hybridized carbons (Fsp3) is 0.450. The van der Waals surface area contributed by atoms with Crippen molar-refractivity contribution >= 4 is 29.3 Å². The Morgan fingerprint density at radius 3 is 2.76 bits per heavy atom. The molecule has 0 atom stereocenters. The van der Waals surface area contributed by atoms with E-state index < -0.39 is 0 Å². The number of morpholine rings is 1. The van der Waals surface area contributed by atoms with E-state index in [1.165, 1.54) is 11.8 Å². The van der Waals surface area contributed by atoms with Gasteiger partial charge in [0.15, 0.2) is 0 Å². The third-order valence-electron chi connectivity index (χ3n) is 5.05. The number of fused-ring (bicyclic) bond motifs is 1. The fourth-order valence-corrected chi connectivity index (χ4v) is 4.64. The van der Waals surface area contributed by atoms with Crippen LogP contribution in [0.1, 0.15) is 5.69 Å². The highest BCUT2D eigenvalue weighted by Gasteiger charge is 2.32. The number of nitrogens with one attached hydrogen (secondary N) is 1. The maximum absolute atomic E-state index is 12.6. The van der Waals surface area contributed by atoms with Gasteiger partial charge in [0.1, 0.15) is 11.6 Å². The Morgan fingerprint density at radius 1 is 1.24 bits per heavy atom. The molecule has 1 aromatic carbocycles. The van der Waals surface area contributed by atoms with Gasteiger partial charge in [-0.25, -0.2) is 4.68 Å². The molecule has 3 heterocycles. The second-order valence-electron chi connectivity index (χ2n) is 7.06. The van der Waals surface area contributed by atoms with Crippen LogP contribution in [0.25, 0.3) is 5.69 Å². The summed E-state index contributed by atoms with van der Waals surface area (Å²) in [7, 11) is 0. The summed E-state index contributed by atoms with van der Waals surface area (Å²) in [5.41, 5.74) is 2.41. The number of aromatic nitrogens is 2. The Labute approximate surface area is 174 Å². The highest BCUT2D eigenvalue weighted by Crippen LogP contribution is 2.39.